The van der Waals surface area contributed by atoms with E-state index in [-0.39, 0.29) is 0 Å². The van der Waals surface area contributed by atoms with E-state index in [0.29, 0.717) is 6.92 Å². The highest BCUT2D eigenvalue weighted by molar-refractivity contribution is 5.65. The second-order valence-electron chi connectivity index (χ2n) is 9.62. The third-order valence-electron chi connectivity index (χ3n) is 9.80. The summed E-state index contributed by atoms with van der Waals surface area (Å²) >= 11 is 0. The van der Waals surface area contributed by atoms with E-state index in [4.69, 9.17) is 5.73 Å². The molecule has 7 unspecified atom stereocenters. The number of hydrogen-bond donors (Lipinski definition) is 13. The first kappa shape index (κ1) is 19.4. The van der Waals surface area contributed by atoms with Crippen molar-refractivity contribution in [3.05, 3.63) is 0 Å². The summed E-state index contributed by atoms with van der Waals surface area (Å²) in [6.45, 7) is 1.30. The van der Waals surface area contributed by atoms with Crippen molar-refractivity contribution in [1.82, 2.24) is 0 Å². The maximum absolute atomic E-state index is 11.1. The second-order valence-corrected chi connectivity index (χ2v) is 9.62. The lowest BCUT2D eigenvalue weighted by molar-refractivity contribution is -0.541. The zero-order valence-corrected chi connectivity index (χ0v) is 14.7. The van der Waals surface area contributed by atoms with E-state index in [1.807, 2.05) is 0 Å². The van der Waals surface area contributed by atoms with Gasteiger partial charge in [-0.25, -0.2) is 0 Å². The largest absolute Gasteiger partial charge is 0.389 e. The number of nitrogens with two attached hydrogens (primary N) is 1. The van der Waals surface area contributed by atoms with Crippen LogP contribution in [-0.4, -0.2) is 107 Å². The molecule has 0 heterocycles. The standard InChI is InChI=1S/C15H23NO12/c1-5-7(3-8(5,18)19)9-4(17)10(9,20)15(27,28)11(9,16)14(25,26)6(2,12(5,21)22)13(7,23)24/h4,17-28H,3,16H2,1-2H3. The normalized spacial score (nSPS) is 64.6. The molecule has 0 aliphatic heterocycles. The summed E-state index contributed by atoms with van der Waals surface area (Å²) < 4.78 is 0. The molecule has 160 valence electrons. The van der Waals surface area contributed by atoms with E-state index in [0.717, 1.165) is 6.92 Å². The third kappa shape index (κ3) is 0.870. The molecule has 0 radical (unpaired) electrons. The number of fused-ring (bicyclic) bond motifs is 1. The molecule has 0 aromatic carbocycles. The van der Waals surface area contributed by atoms with Gasteiger partial charge in [0.25, 0.3) is 0 Å². The zero-order valence-electron chi connectivity index (χ0n) is 14.7. The van der Waals surface area contributed by atoms with Crippen molar-refractivity contribution < 1.29 is 61.3 Å². The predicted octanol–water partition coefficient (Wildman–Crippen LogP) is -7.38. The fraction of sp³-hybridized carbons (Fsp3) is 1.00. The average molecular weight is 409 g/mol. The van der Waals surface area contributed by atoms with Crippen LogP contribution in [0.2, 0.25) is 0 Å². The molecule has 5 aliphatic carbocycles. The van der Waals surface area contributed by atoms with Gasteiger partial charge in [-0.05, 0) is 13.8 Å². The Morgan fingerprint density at radius 1 is 0.679 bits per heavy atom. The third-order valence-corrected chi connectivity index (χ3v) is 9.80. The SMILES string of the molecule is CC12C(O)(O)C3(C)C(O)(O)CC3(C1(O)O)C13C(O)C1(O)C(O)(O)C3(N)C2(O)O. The highest BCUT2D eigenvalue weighted by Crippen LogP contribution is 3.01. The molecule has 0 aromatic rings. The van der Waals surface area contributed by atoms with Crippen LogP contribution < -0.4 is 5.73 Å². The maximum atomic E-state index is 11.1. The molecule has 2 spiro atoms. The molecule has 5 saturated carbocycles. The first-order valence-electron chi connectivity index (χ1n) is 8.54. The number of aliphatic hydroxyl groups is 12. The van der Waals surface area contributed by atoms with Gasteiger partial charge in [-0.2, -0.15) is 0 Å². The summed E-state index contributed by atoms with van der Waals surface area (Å²) in [5.74, 6) is -18.0. The van der Waals surface area contributed by atoms with E-state index >= 15 is 0 Å². The van der Waals surface area contributed by atoms with Crippen LogP contribution in [0.4, 0.5) is 0 Å². The van der Waals surface area contributed by atoms with Crippen LogP contribution in [0.1, 0.15) is 20.3 Å². The van der Waals surface area contributed by atoms with E-state index in [2.05, 4.69) is 0 Å². The van der Waals surface area contributed by atoms with Crippen LogP contribution in [0.25, 0.3) is 0 Å². The summed E-state index contributed by atoms with van der Waals surface area (Å²) in [6, 6.07) is 0. The number of aliphatic hydroxyl groups excluding tert-OH is 1. The predicted molar refractivity (Wildman–Crippen MR) is 79.4 cm³/mol. The summed E-state index contributed by atoms with van der Waals surface area (Å²) in [4.78, 5) is 0. The summed E-state index contributed by atoms with van der Waals surface area (Å²) in [6.07, 6.45) is -3.46. The topological polar surface area (TPSA) is 269 Å². The molecule has 5 rings (SSSR count). The Bertz CT molecular complexity index is 871. The minimum absolute atomic E-state index is 0.540. The highest BCUT2D eigenvalue weighted by Gasteiger charge is 3.22. The lowest BCUT2D eigenvalue weighted by Crippen LogP contribution is -3.00. The van der Waals surface area contributed by atoms with Gasteiger partial charge in [0.2, 0.25) is 11.6 Å². The van der Waals surface area contributed by atoms with Gasteiger partial charge in [-0.3, -0.25) is 0 Å². The Labute approximate surface area is 156 Å². The first-order chi connectivity index (χ1) is 12.1. The van der Waals surface area contributed by atoms with Crippen LogP contribution >= 0.6 is 0 Å². The van der Waals surface area contributed by atoms with Crippen LogP contribution in [0.15, 0.2) is 0 Å². The number of rotatable bonds is 0. The molecular weight excluding hydrogens is 386 g/mol. The average Bonchev–Trinajstić information content (AvgIpc) is 3.01. The minimum Gasteiger partial charge on any atom is -0.389 e. The van der Waals surface area contributed by atoms with Crippen LogP contribution in [0.5, 0.6) is 0 Å². The van der Waals surface area contributed by atoms with Crippen molar-refractivity contribution in [3.8, 4) is 0 Å². The van der Waals surface area contributed by atoms with Crippen LogP contribution in [-0.2, 0) is 0 Å². The fourth-order valence-electron chi connectivity index (χ4n) is 8.21. The Hall–Kier alpha value is -0.520. The fourth-order valence-corrected chi connectivity index (χ4v) is 8.21. The molecule has 0 amide bonds. The Morgan fingerprint density at radius 3 is 1.54 bits per heavy atom. The molecule has 5 aliphatic rings. The molecule has 13 nitrogen and oxygen atoms in total. The Kier molecular flexibility index (Phi) is 2.47. The van der Waals surface area contributed by atoms with E-state index in [9.17, 15) is 61.3 Å². The molecule has 14 N–H and O–H groups in total. The van der Waals surface area contributed by atoms with Crippen molar-refractivity contribution in [2.45, 2.75) is 66.4 Å². The van der Waals surface area contributed by atoms with Gasteiger partial charge in [0.05, 0.1) is 16.2 Å². The molecule has 0 aromatic heterocycles. The zero-order chi connectivity index (χ0) is 21.8. The van der Waals surface area contributed by atoms with Gasteiger partial charge in [-0.15, -0.1) is 0 Å². The minimum atomic E-state index is -3.98. The smallest absolute Gasteiger partial charge is 0.220 e. The maximum Gasteiger partial charge on any atom is 0.220 e. The van der Waals surface area contributed by atoms with Gasteiger partial charge in [-0.1, -0.05) is 0 Å². The Morgan fingerprint density at radius 2 is 1.14 bits per heavy atom. The number of hydrogen-bond acceptors (Lipinski definition) is 13. The van der Waals surface area contributed by atoms with Gasteiger partial charge in [0.15, 0.2) is 23.0 Å². The lowest BCUT2D eigenvalue weighted by Gasteiger charge is -2.78. The molecule has 5 fully saturated rings. The van der Waals surface area contributed by atoms with E-state index in [1.165, 1.54) is 0 Å². The van der Waals surface area contributed by atoms with Gasteiger partial charge >= 0.3 is 0 Å². The molecule has 7 atom stereocenters. The van der Waals surface area contributed by atoms with Crippen molar-refractivity contribution in [2.24, 2.45) is 27.4 Å². The van der Waals surface area contributed by atoms with E-state index < -0.39 is 74.3 Å². The summed E-state index contributed by atoms with van der Waals surface area (Å²) in [7, 11) is 0. The van der Waals surface area contributed by atoms with Crippen LogP contribution in [0, 0.1) is 21.7 Å². The van der Waals surface area contributed by atoms with Gasteiger partial charge in [0, 0.05) is 6.42 Å². The van der Waals surface area contributed by atoms with Gasteiger partial charge in [0.1, 0.15) is 17.1 Å². The highest BCUT2D eigenvalue weighted by atomic mass is 16.6. The van der Waals surface area contributed by atoms with Crippen molar-refractivity contribution >= 4 is 0 Å². The molecule has 0 saturated heterocycles. The van der Waals surface area contributed by atoms with Gasteiger partial charge < -0.3 is 67.0 Å². The monoisotopic (exact) mass is 409 g/mol. The Balaban J connectivity index is 2.02. The van der Waals surface area contributed by atoms with E-state index in [1.54, 1.807) is 0 Å². The van der Waals surface area contributed by atoms with Crippen molar-refractivity contribution in [2.75, 3.05) is 0 Å². The quantitative estimate of drug-likeness (QED) is 0.166. The lowest BCUT2D eigenvalue weighted by atomic mass is 9.30. The summed E-state index contributed by atoms with van der Waals surface area (Å²) in [5, 5.41) is 129. The van der Waals surface area contributed by atoms with Crippen molar-refractivity contribution in [1.29, 1.82) is 0 Å². The molecular formula is C15H23NO12. The molecule has 28 heavy (non-hydrogen) atoms. The molecule has 13 heteroatoms. The van der Waals surface area contributed by atoms with Crippen molar-refractivity contribution in [3.63, 3.8) is 0 Å². The van der Waals surface area contributed by atoms with Crippen LogP contribution in [0.3, 0.4) is 0 Å². The molecule has 2 bridgehead atoms. The second kappa shape index (κ2) is 3.56. The summed E-state index contributed by atoms with van der Waals surface area (Å²) in [5.41, 5.74) is -12.1. The first-order valence-corrected chi connectivity index (χ1v) is 8.54.